The zero-order valence-electron chi connectivity index (χ0n) is 22.8. The lowest BCUT2D eigenvalue weighted by molar-refractivity contribution is -0.0670. The van der Waals surface area contributed by atoms with E-state index in [0.29, 0.717) is 23.0 Å². The standard InChI is InChI=1S/C33H35N3O3/c1-32(2)25(21-12-14-22(15-13-21)31(38)39)16-18-33(3)20-36(19-17-28(32)33)30(37)24-9-5-4-8-23(24)29-34-26-10-6-7-11-27(26)35-29/h4-15,25,28H,16-20H2,1-3H3,(H,34,35)(H,38,39)/t25-,28?,33-/m1/s1. The second kappa shape index (κ2) is 9.37. The Morgan fingerprint density at radius 3 is 2.41 bits per heavy atom. The van der Waals surface area contributed by atoms with Crippen LogP contribution in [0.5, 0.6) is 0 Å². The first kappa shape index (κ1) is 25.4. The summed E-state index contributed by atoms with van der Waals surface area (Å²) in [6.07, 6.45) is 3.00. The number of carboxylic acids is 1. The molecule has 0 bridgehead atoms. The molecule has 1 aliphatic heterocycles. The van der Waals surface area contributed by atoms with Crippen LogP contribution in [-0.4, -0.2) is 44.9 Å². The van der Waals surface area contributed by atoms with Crippen molar-refractivity contribution in [3.8, 4) is 11.4 Å². The number of amides is 1. The van der Waals surface area contributed by atoms with Gasteiger partial charge in [0.15, 0.2) is 0 Å². The molecule has 6 rings (SSSR count). The van der Waals surface area contributed by atoms with Gasteiger partial charge in [-0.3, -0.25) is 4.79 Å². The third-order valence-corrected chi connectivity index (χ3v) is 9.53. The Kier molecular flexibility index (Phi) is 6.09. The number of carbonyl (C=O) groups excluding carboxylic acids is 1. The maximum atomic E-state index is 14.0. The first-order chi connectivity index (χ1) is 18.7. The van der Waals surface area contributed by atoms with Gasteiger partial charge in [0.2, 0.25) is 0 Å². The number of imidazole rings is 1. The van der Waals surface area contributed by atoms with Crippen molar-refractivity contribution in [1.29, 1.82) is 0 Å². The zero-order valence-corrected chi connectivity index (χ0v) is 22.8. The second-order valence-electron chi connectivity index (χ2n) is 12.2. The summed E-state index contributed by atoms with van der Waals surface area (Å²) in [5, 5.41) is 9.31. The predicted octanol–water partition coefficient (Wildman–Crippen LogP) is 7.00. The molecule has 2 heterocycles. The SMILES string of the molecule is CC1(C)C2CCN(C(=O)c3ccccc3-c3nc4ccccc4[nH]3)C[C@@]2(C)CC[C@@H]1c1ccc(C(=O)O)cc1. The van der Waals surface area contributed by atoms with E-state index in [1.54, 1.807) is 12.1 Å². The number of hydrogen-bond acceptors (Lipinski definition) is 3. The summed E-state index contributed by atoms with van der Waals surface area (Å²) in [6.45, 7) is 8.53. The minimum atomic E-state index is -0.893. The number of likely N-dealkylation sites (tertiary alicyclic amines) is 1. The molecule has 2 fully saturated rings. The van der Waals surface area contributed by atoms with Crippen molar-refractivity contribution >= 4 is 22.9 Å². The van der Waals surface area contributed by atoms with Crippen molar-refractivity contribution in [2.24, 2.45) is 16.7 Å². The van der Waals surface area contributed by atoms with Gasteiger partial charge in [0, 0.05) is 18.7 Å². The van der Waals surface area contributed by atoms with Crippen molar-refractivity contribution < 1.29 is 14.7 Å². The van der Waals surface area contributed by atoms with E-state index in [2.05, 4.69) is 30.7 Å². The van der Waals surface area contributed by atoms with Crippen molar-refractivity contribution in [1.82, 2.24) is 14.9 Å². The van der Waals surface area contributed by atoms with E-state index in [1.165, 1.54) is 5.56 Å². The molecule has 1 saturated carbocycles. The van der Waals surface area contributed by atoms with Crippen molar-refractivity contribution in [2.45, 2.75) is 46.0 Å². The summed E-state index contributed by atoms with van der Waals surface area (Å²) in [5.74, 6) is 0.703. The molecular formula is C33H35N3O3. The average Bonchev–Trinajstić information content (AvgIpc) is 3.36. The van der Waals surface area contributed by atoms with E-state index in [9.17, 15) is 14.7 Å². The third-order valence-electron chi connectivity index (χ3n) is 9.53. The van der Waals surface area contributed by atoms with Gasteiger partial charge in [0.05, 0.1) is 22.2 Å². The van der Waals surface area contributed by atoms with E-state index in [-0.39, 0.29) is 16.7 Å². The highest BCUT2D eigenvalue weighted by atomic mass is 16.4. The molecule has 3 aromatic carbocycles. The molecule has 3 atom stereocenters. The smallest absolute Gasteiger partial charge is 0.335 e. The number of fused-ring (bicyclic) bond motifs is 2. The van der Waals surface area contributed by atoms with E-state index >= 15 is 0 Å². The number of carboxylic acid groups (broad SMARTS) is 1. The number of para-hydroxylation sites is 2. The lowest BCUT2D eigenvalue weighted by atomic mass is 9.49. The molecule has 4 aromatic rings. The number of nitrogens with zero attached hydrogens (tertiary/aromatic N) is 2. The molecule has 2 aliphatic rings. The fourth-order valence-corrected chi connectivity index (χ4v) is 7.63. The van der Waals surface area contributed by atoms with Crippen molar-refractivity contribution in [3.63, 3.8) is 0 Å². The van der Waals surface area contributed by atoms with Crippen LogP contribution in [0.3, 0.4) is 0 Å². The van der Waals surface area contributed by atoms with Gasteiger partial charge in [0.25, 0.3) is 5.91 Å². The van der Waals surface area contributed by atoms with Crippen LogP contribution in [0.2, 0.25) is 0 Å². The van der Waals surface area contributed by atoms with E-state index in [1.807, 2.05) is 60.7 Å². The predicted molar refractivity (Wildman–Crippen MR) is 153 cm³/mol. The molecule has 39 heavy (non-hydrogen) atoms. The number of H-pyrrole nitrogens is 1. The first-order valence-corrected chi connectivity index (χ1v) is 13.8. The monoisotopic (exact) mass is 521 g/mol. The minimum absolute atomic E-state index is 0.0171. The number of aromatic nitrogens is 2. The Hall–Kier alpha value is -3.93. The number of rotatable bonds is 4. The van der Waals surface area contributed by atoms with Crippen LogP contribution in [-0.2, 0) is 0 Å². The van der Waals surface area contributed by atoms with E-state index in [4.69, 9.17) is 4.98 Å². The summed E-state index contributed by atoms with van der Waals surface area (Å²) in [6, 6.07) is 23.1. The largest absolute Gasteiger partial charge is 0.478 e. The molecule has 1 saturated heterocycles. The summed E-state index contributed by atoms with van der Waals surface area (Å²) in [7, 11) is 0. The number of benzene rings is 3. The summed E-state index contributed by atoms with van der Waals surface area (Å²) in [5.41, 5.74) is 4.95. The number of aromatic amines is 1. The van der Waals surface area contributed by atoms with Gasteiger partial charge in [-0.25, -0.2) is 9.78 Å². The molecule has 1 aromatic heterocycles. The summed E-state index contributed by atoms with van der Waals surface area (Å²) in [4.78, 5) is 35.5. The number of carbonyl (C=O) groups is 2. The first-order valence-electron chi connectivity index (χ1n) is 13.8. The van der Waals surface area contributed by atoms with Gasteiger partial charge in [-0.1, -0.05) is 63.2 Å². The van der Waals surface area contributed by atoms with Crippen LogP contribution in [0.4, 0.5) is 0 Å². The summed E-state index contributed by atoms with van der Waals surface area (Å²) >= 11 is 0. The van der Waals surface area contributed by atoms with Gasteiger partial charge in [-0.15, -0.1) is 0 Å². The highest BCUT2D eigenvalue weighted by Crippen LogP contribution is 2.60. The van der Waals surface area contributed by atoms with E-state index < -0.39 is 5.97 Å². The normalized spacial score (nSPS) is 24.3. The zero-order chi connectivity index (χ0) is 27.4. The average molecular weight is 522 g/mol. The van der Waals surface area contributed by atoms with Crippen molar-refractivity contribution in [3.05, 3.63) is 89.5 Å². The van der Waals surface area contributed by atoms with Crippen LogP contribution in [0.15, 0.2) is 72.8 Å². The van der Waals surface area contributed by atoms with Gasteiger partial charge in [0.1, 0.15) is 5.82 Å². The molecule has 6 nitrogen and oxygen atoms in total. The maximum Gasteiger partial charge on any atom is 0.335 e. The second-order valence-corrected chi connectivity index (χ2v) is 12.2. The Balaban J connectivity index is 1.24. The van der Waals surface area contributed by atoms with Gasteiger partial charge < -0.3 is 15.0 Å². The van der Waals surface area contributed by atoms with Crippen LogP contribution in [0.25, 0.3) is 22.4 Å². The highest BCUT2D eigenvalue weighted by molar-refractivity contribution is 6.00. The molecule has 200 valence electrons. The van der Waals surface area contributed by atoms with Gasteiger partial charge >= 0.3 is 5.97 Å². The van der Waals surface area contributed by atoms with Crippen LogP contribution < -0.4 is 0 Å². The van der Waals surface area contributed by atoms with E-state index in [0.717, 1.165) is 54.8 Å². The fourth-order valence-electron chi connectivity index (χ4n) is 7.63. The Labute approximate surface area is 229 Å². The molecule has 1 unspecified atom stereocenters. The lowest BCUT2D eigenvalue weighted by Gasteiger charge is -2.59. The number of piperidine rings is 1. The molecular weight excluding hydrogens is 486 g/mol. The Morgan fingerprint density at radius 2 is 1.67 bits per heavy atom. The van der Waals surface area contributed by atoms with Crippen molar-refractivity contribution in [2.75, 3.05) is 13.1 Å². The van der Waals surface area contributed by atoms with Crippen LogP contribution >= 0.6 is 0 Å². The van der Waals surface area contributed by atoms with Gasteiger partial charge in [-0.2, -0.15) is 0 Å². The molecule has 1 amide bonds. The van der Waals surface area contributed by atoms with Crippen LogP contribution in [0, 0.1) is 16.7 Å². The number of hydrogen-bond donors (Lipinski definition) is 2. The third kappa shape index (κ3) is 4.32. The maximum absolute atomic E-state index is 14.0. The molecule has 0 radical (unpaired) electrons. The molecule has 6 heteroatoms. The minimum Gasteiger partial charge on any atom is -0.478 e. The number of nitrogens with one attached hydrogen (secondary N) is 1. The summed E-state index contributed by atoms with van der Waals surface area (Å²) < 4.78 is 0. The molecule has 1 aliphatic carbocycles. The Morgan fingerprint density at radius 1 is 0.949 bits per heavy atom. The Bertz CT molecular complexity index is 1520. The quantitative estimate of drug-likeness (QED) is 0.303. The van der Waals surface area contributed by atoms with Gasteiger partial charge in [-0.05, 0) is 77.8 Å². The fraction of sp³-hybridized carbons (Fsp3) is 0.364. The highest BCUT2D eigenvalue weighted by Gasteiger charge is 2.54. The number of aromatic carboxylic acids is 1. The topological polar surface area (TPSA) is 86.3 Å². The van der Waals surface area contributed by atoms with Crippen LogP contribution in [0.1, 0.15) is 72.2 Å². The molecule has 0 spiro atoms. The lowest BCUT2D eigenvalue weighted by Crippen LogP contribution is -2.56. The molecule has 2 N–H and O–H groups in total.